The Morgan fingerprint density at radius 3 is 2.58 bits per heavy atom. The quantitative estimate of drug-likeness (QED) is 0.796. The average Bonchev–Trinajstić information content (AvgIpc) is 2.35. The number of halogens is 3. The van der Waals surface area contributed by atoms with Crippen molar-refractivity contribution in [1.82, 2.24) is 0 Å². The Morgan fingerprint density at radius 2 is 1.95 bits per heavy atom. The highest BCUT2D eigenvalue weighted by Gasteiger charge is 2.11. The standard InChI is InChI=1S/C15H14BrClFN/c1-10(7-11-5-3-2-4-6-11)19-15-13(16)8-12(18)9-14(15)17/h2-6,8-10,19H,7H2,1H3. The van der Waals surface area contributed by atoms with Crippen molar-refractivity contribution in [1.29, 1.82) is 0 Å². The molecule has 1 N–H and O–H groups in total. The summed E-state index contributed by atoms with van der Waals surface area (Å²) >= 11 is 9.37. The van der Waals surface area contributed by atoms with E-state index in [1.807, 2.05) is 18.2 Å². The van der Waals surface area contributed by atoms with E-state index in [0.717, 1.165) is 12.1 Å². The van der Waals surface area contributed by atoms with Crippen LogP contribution < -0.4 is 5.32 Å². The van der Waals surface area contributed by atoms with Gasteiger partial charge in [0.2, 0.25) is 0 Å². The fraction of sp³-hybridized carbons (Fsp3) is 0.200. The highest BCUT2D eigenvalue weighted by Crippen LogP contribution is 2.32. The molecule has 0 aliphatic heterocycles. The molecule has 1 unspecified atom stereocenters. The van der Waals surface area contributed by atoms with E-state index < -0.39 is 0 Å². The monoisotopic (exact) mass is 341 g/mol. The van der Waals surface area contributed by atoms with Crippen LogP contribution in [-0.2, 0) is 6.42 Å². The minimum atomic E-state index is -0.349. The van der Waals surface area contributed by atoms with Gasteiger partial charge in [-0.1, -0.05) is 41.9 Å². The van der Waals surface area contributed by atoms with Gasteiger partial charge in [0.25, 0.3) is 0 Å². The normalized spacial score (nSPS) is 12.2. The second-order valence-corrected chi connectivity index (χ2v) is 5.74. The van der Waals surface area contributed by atoms with E-state index in [1.165, 1.54) is 17.7 Å². The summed E-state index contributed by atoms with van der Waals surface area (Å²) in [6.07, 6.45) is 0.876. The first-order chi connectivity index (χ1) is 9.06. The zero-order valence-corrected chi connectivity index (χ0v) is 12.8. The van der Waals surface area contributed by atoms with Crippen molar-refractivity contribution in [3.05, 3.63) is 63.3 Å². The molecule has 1 atom stereocenters. The number of nitrogens with one attached hydrogen (secondary N) is 1. The molecule has 0 fully saturated rings. The van der Waals surface area contributed by atoms with Gasteiger partial charge in [0.15, 0.2) is 0 Å². The molecule has 2 rings (SSSR count). The summed E-state index contributed by atoms with van der Waals surface area (Å²) in [7, 11) is 0. The van der Waals surface area contributed by atoms with Crippen LogP contribution in [0.15, 0.2) is 46.9 Å². The van der Waals surface area contributed by atoms with Crippen LogP contribution in [0.2, 0.25) is 5.02 Å². The molecule has 0 amide bonds. The average molecular weight is 343 g/mol. The van der Waals surface area contributed by atoms with Crippen LogP contribution in [0.3, 0.4) is 0 Å². The first kappa shape index (κ1) is 14.4. The lowest BCUT2D eigenvalue weighted by Gasteiger charge is -2.18. The van der Waals surface area contributed by atoms with E-state index in [4.69, 9.17) is 11.6 Å². The third-order valence-corrected chi connectivity index (χ3v) is 3.71. The van der Waals surface area contributed by atoms with Crippen LogP contribution >= 0.6 is 27.5 Å². The van der Waals surface area contributed by atoms with Crippen LogP contribution in [-0.4, -0.2) is 6.04 Å². The Balaban J connectivity index is 2.09. The molecule has 19 heavy (non-hydrogen) atoms. The summed E-state index contributed by atoms with van der Waals surface area (Å²) in [5, 5.41) is 3.69. The summed E-state index contributed by atoms with van der Waals surface area (Å²) < 4.78 is 13.8. The van der Waals surface area contributed by atoms with Gasteiger partial charge in [-0.15, -0.1) is 0 Å². The van der Waals surface area contributed by atoms with Gasteiger partial charge in [0.05, 0.1) is 10.7 Å². The van der Waals surface area contributed by atoms with E-state index in [2.05, 4.69) is 40.3 Å². The molecule has 1 nitrogen and oxygen atoms in total. The maximum absolute atomic E-state index is 13.2. The fourth-order valence-electron chi connectivity index (χ4n) is 1.95. The van der Waals surface area contributed by atoms with Crippen molar-refractivity contribution in [2.45, 2.75) is 19.4 Å². The summed E-state index contributed by atoms with van der Waals surface area (Å²) in [6, 6.07) is 13.1. The highest BCUT2D eigenvalue weighted by atomic mass is 79.9. The molecule has 0 aliphatic carbocycles. The minimum Gasteiger partial charge on any atom is -0.380 e. The number of hydrogen-bond acceptors (Lipinski definition) is 1. The molecule has 100 valence electrons. The van der Waals surface area contributed by atoms with E-state index in [0.29, 0.717) is 9.50 Å². The predicted octanol–water partition coefficient (Wildman–Crippen LogP) is 5.28. The lowest BCUT2D eigenvalue weighted by Crippen LogP contribution is -2.18. The van der Waals surface area contributed by atoms with Crippen molar-refractivity contribution in [3.8, 4) is 0 Å². The summed E-state index contributed by atoms with van der Waals surface area (Å²) in [5.74, 6) is -0.349. The number of benzene rings is 2. The van der Waals surface area contributed by atoms with Crippen LogP contribution in [0.25, 0.3) is 0 Å². The lowest BCUT2D eigenvalue weighted by molar-refractivity contribution is 0.627. The van der Waals surface area contributed by atoms with Gasteiger partial charge in [0, 0.05) is 10.5 Å². The molecule has 0 aliphatic rings. The maximum Gasteiger partial charge on any atom is 0.125 e. The summed E-state index contributed by atoms with van der Waals surface area (Å²) in [5.41, 5.74) is 1.98. The van der Waals surface area contributed by atoms with Crippen molar-refractivity contribution in [2.75, 3.05) is 5.32 Å². The summed E-state index contributed by atoms with van der Waals surface area (Å²) in [4.78, 5) is 0. The smallest absolute Gasteiger partial charge is 0.125 e. The fourth-order valence-corrected chi connectivity index (χ4v) is 2.87. The lowest BCUT2D eigenvalue weighted by atomic mass is 10.1. The molecule has 0 saturated heterocycles. The number of rotatable bonds is 4. The summed E-state index contributed by atoms with van der Waals surface area (Å²) in [6.45, 7) is 2.07. The second kappa shape index (κ2) is 6.40. The van der Waals surface area contributed by atoms with Crippen molar-refractivity contribution < 1.29 is 4.39 Å². The Bertz CT molecular complexity index is 536. The van der Waals surface area contributed by atoms with Gasteiger partial charge in [-0.3, -0.25) is 0 Å². The third-order valence-electron chi connectivity index (χ3n) is 2.78. The van der Waals surface area contributed by atoms with Crippen LogP contribution in [0, 0.1) is 5.82 Å². The van der Waals surface area contributed by atoms with Gasteiger partial charge < -0.3 is 5.32 Å². The Labute approximate surface area is 125 Å². The Hall–Kier alpha value is -1.06. The molecular weight excluding hydrogens is 329 g/mol. The predicted molar refractivity (Wildman–Crippen MR) is 82.3 cm³/mol. The topological polar surface area (TPSA) is 12.0 Å². The third kappa shape index (κ3) is 3.95. The molecule has 4 heteroatoms. The van der Waals surface area contributed by atoms with E-state index >= 15 is 0 Å². The zero-order chi connectivity index (χ0) is 13.8. The van der Waals surface area contributed by atoms with Gasteiger partial charge >= 0.3 is 0 Å². The zero-order valence-electron chi connectivity index (χ0n) is 10.5. The number of anilines is 1. The Morgan fingerprint density at radius 1 is 1.26 bits per heavy atom. The molecular formula is C15H14BrClFN. The van der Waals surface area contributed by atoms with Crippen LogP contribution in [0.1, 0.15) is 12.5 Å². The SMILES string of the molecule is CC(Cc1ccccc1)Nc1c(Cl)cc(F)cc1Br. The molecule has 0 saturated carbocycles. The van der Waals surface area contributed by atoms with E-state index in [1.54, 1.807) is 0 Å². The Kier molecular flexibility index (Phi) is 4.83. The van der Waals surface area contributed by atoms with Crippen LogP contribution in [0.5, 0.6) is 0 Å². The molecule has 0 radical (unpaired) electrons. The largest absolute Gasteiger partial charge is 0.380 e. The maximum atomic E-state index is 13.2. The van der Waals surface area contributed by atoms with Gasteiger partial charge in [-0.2, -0.15) is 0 Å². The first-order valence-electron chi connectivity index (χ1n) is 6.01. The molecule has 2 aromatic carbocycles. The van der Waals surface area contributed by atoms with Crippen molar-refractivity contribution in [3.63, 3.8) is 0 Å². The minimum absolute atomic E-state index is 0.196. The van der Waals surface area contributed by atoms with Gasteiger partial charge in [-0.05, 0) is 47.0 Å². The van der Waals surface area contributed by atoms with Crippen molar-refractivity contribution in [2.24, 2.45) is 0 Å². The number of hydrogen-bond donors (Lipinski definition) is 1. The molecule has 0 bridgehead atoms. The van der Waals surface area contributed by atoms with Gasteiger partial charge in [-0.25, -0.2) is 4.39 Å². The van der Waals surface area contributed by atoms with E-state index in [9.17, 15) is 4.39 Å². The van der Waals surface area contributed by atoms with Crippen molar-refractivity contribution >= 4 is 33.2 Å². The molecule has 0 heterocycles. The first-order valence-corrected chi connectivity index (χ1v) is 7.18. The second-order valence-electron chi connectivity index (χ2n) is 4.48. The van der Waals surface area contributed by atoms with E-state index in [-0.39, 0.29) is 11.9 Å². The van der Waals surface area contributed by atoms with Crippen LogP contribution in [0.4, 0.5) is 10.1 Å². The van der Waals surface area contributed by atoms with Gasteiger partial charge in [0.1, 0.15) is 5.82 Å². The molecule has 0 aromatic heterocycles. The highest BCUT2D eigenvalue weighted by molar-refractivity contribution is 9.10. The molecule has 0 spiro atoms. The molecule has 2 aromatic rings.